The number of ether oxygens (including phenoxy) is 1. The van der Waals surface area contributed by atoms with Gasteiger partial charge in [0.2, 0.25) is 0 Å². The van der Waals surface area contributed by atoms with Crippen molar-refractivity contribution in [3.05, 3.63) is 56.4 Å². The van der Waals surface area contributed by atoms with Crippen LogP contribution >= 0.6 is 23.1 Å². The van der Waals surface area contributed by atoms with Crippen molar-refractivity contribution in [3.63, 3.8) is 0 Å². The first-order valence-corrected chi connectivity index (χ1v) is 10.8. The van der Waals surface area contributed by atoms with Gasteiger partial charge in [0.1, 0.15) is 10.6 Å². The largest absolute Gasteiger partial charge is 0.383 e. The number of aromatic nitrogens is 2. The summed E-state index contributed by atoms with van der Waals surface area (Å²) in [6.07, 6.45) is 2.97. The Bertz CT molecular complexity index is 1110. The van der Waals surface area contributed by atoms with E-state index in [0.717, 1.165) is 29.7 Å². The molecule has 2 heterocycles. The zero-order valence-electron chi connectivity index (χ0n) is 15.4. The molecule has 8 heteroatoms. The van der Waals surface area contributed by atoms with Crippen LogP contribution in [0.1, 0.15) is 27.2 Å². The Morgan fingerprint density at radius 3 is 2.96 bits per heavy atom. The van der Waals surface area contributed by atoms with Gasteiger partial charge < -0.3 is 4.74 Å². The molecule has 0 saturated heterocycles. The number of aryl methyl sites for hydroxylation is 2. The van der Waals surface area contributed by atoms with E-state index in [2.05, 4.69) is 4.98 Å². The number of rotatable bonds is 7. The summed E-state index contributed by atoms with van der Waals surface area (Å²) >= 11 is 2.73. The van der Waals surface area contributed by atoms with Gasteiger partial charge in [-0.05, 0) is 37.0 Å². The van der Waals surface area contributed by atoms with E-state index in [1.165, 1.54) is 28.8 Å². The molecule has 0 aliphatic heterocycles. The summed E-state index contributed by atoms with van der Waals surface area (Å²) in [6, 6.07) is 5.92. The van der Waals surface area contributed by atoms with E-state index in [1.54, 1.807) is 35.1 Å². The van der Waals surface area contributed by atoms with Crippen LogP contribution in [0.4, 0.5) is 4.39 Å². The fourth-order valence-corrected chi connectivity index (χ4v) is 5.65. The number of hydrogen-bond acceptors (Lipinski definition) is 6. The van der Waals surface area contributed by atoms with Crippen LogP contribution in [0.15, 0.2) is 34.2 Å². The molecule has 1 aliphatic rings. The van der Waals surface area contributed by atoms with Gasteiger partial charge in [0.15, 0.2) is 10.9 Å². The molecular formula is C20H19FN2O3S2. The second-order valence-corrected chi connectivity index (χ2v) is 8.60. The second-order valence-electron chi connectivity index (χ2n) is 6.57. The van der Waals surface area contributed by atoms with Crippen LogP contribution < -0.4 is 5.56 Å². The molecule has 28 heavy (non-hydrogen) atoms. The number of methoxy groups -OCH3 is 1. The Morgan fingerprint density at radius 2 is 2.18 bits per heavy atom. The summed E-state index contributed by atoms with van der Waals surface area (Å²) in [5.41, 5.74) is 1.10. The minimum atomic E-state index is -0.539. The van der Waals surface area contributed by atoms with Crippen molar-refractivity contribution in [2.24, 2.45) is 0 Å². The minimum absolute atomic E-state index is 0.0109. The van der Waals surface area contributed by atoms with E-state index in [-0.39, 0.29) is 22.7 Å². The molecule has 0 radical (unpaired) electrons. The lowest BCUT2D eigenvalue weighted by Gasteiger charge is -2.12. The molecule has 5 nitrogen and oxygen atoms in total. The van der Waals surface area contributed by atoms with E-state index in [0.29, 0.717) is 23.7 Å². The number of nitrogens with zero attached hydrogens (tertiary/aromatic N) is 2. The van der Waals surface area contributed by atoms with Crippen LogP contribution in [-0.4, -0.2) is 34.8 Å². The zero-order valence-corrected chi connectivity index (χ0v) is 17.0. The van der Waals surface area contributed by atoms with Crippen LogP contribution in [0, 0.1) is 5.82 Å². The van der Waals surface area contributed by atoms with Crippen molar-refractivity contribution in [2.45, 2.75) is 31.0 Å². The van der Waals surface area contributed by atoms with Gasteiger partial charge in [0, 0.05) is 12.0 Å². The SMILES string of the molecule is COCCn1c(SCC(=O)c2ccccc2F)nc2sc3c(c2c1=O)CCC3. The number of benzene rings is 1. The molecule has 3 aromatic rings. The van der Waals surface area contributed by atoms with Crippen LogP contribution in [0.2, 0.25) is 0 Å². The van der Waals surface area contributed by atoms with Gasteiger partial charge in [-0.2, -0.15) is 0 Å². The van der Waals surface area contributed by atoms with Crippen molar-refractivity contribution < 1.29 is 13.9 Å². The Labute approximate surface area is 169 Å². The van der Waals surface area contributed by atoms with Gasteiger partial charge in [-0.25, -0.2) is 9.37 Å². The molecule has 2 aromatic heterocycles. The molecule has 0 spiro atoms. The molecule has 1 aliphatic carbocycles. The normalized spacial score (nSPS) is 13.2. The number of ketones is 1. The van der Waals surface area contributed by atoms with Gasteiger partial charge in [-0.1, -0.05) is 23.9 Å². The van der Waals surface area contributed by atoms with Crippen molar-refractivity contribution in [2.75, 3.05) is 19.5 Å². The average Bonchev–Trinajstić information content (AvgIpc) is 3.26. The maximum atomic E-state index is 13.9. The summed E-state index contributed by atoms with van der Waals surface area (Å²) in [5.74, 6) is -0.857. The maximum absolute atomic E-state index is 13.9. The van der Waals surface area contributed by atoms with Crippen molar-refractivity contribution in [1.29, 1.82) is 0 Å². The number of Topliss-reactive ketones (excluding diaryl/α,β-unsaturated/α-hetero) is 1. The van der Waals surface area contributed by atoms with Gasteiger partial charge in [0.25, 0.3) is 5.56 Å². The Kier molecular flexibility index (Phi) is 5.61. The van der Waals surface area contributed by atoms with Gasteiger partial charge in [-0.15, -0.1) is 11.3 Å². The first-order chi connectivity index (χ1) is 13.6. The summed E-state index contributed by atoms with van der Waals surface area (Å²) < 4.78 is 20.6. The average molecular weight is 419 g/mol. The summed E-state index contributed by atoms with van der Waals surface area (Å²) in [5, 5.41) is 1.18. The third kappa shape index (κ3) is 3.52. The van der Waals surface area contributed by atoms with Crippen LogP contribution in [-0.2, 0) is 24.1 Å². The quantitative estimate of drug-likeness (QED) is 0.333. The predicted octanol–water partition coefficient (Wildman–Crippen LogP) is 3.71. The van der Waals surface area contributed by atoms with E-state index < -0.39 is 5.82 Å². The number of halogens is 1. The molecule has 0 atom stereocenters. The first-order valence-electron chi connectivity index (χ1n) is 9.04. The number of fused-ring (bicyclic) bond motifs is 3. The molecule has 0 N–H and O–H groups in total. The summed E-state index contributed by atoms with van der Waals surface area (Å²) in [7, 11) is 1.58. The lowest BCUT2D eigenvalue weighted by Crippen LogP contribution is -2.25. The van der Waals surface area contributed by atoms with Crippen LogP contribution in [0.25, 0.3) is 10.2 Å². The molecule has 0 saturated carbocycles. The van der Waals surface area contributed by atoms with Crippen LogP contribution in [0.3, 0.4) is 0 Å². The topological polar surface area (TPSA) is 61.2 Å². The maximum Gasteiger partial charge on any atom is 0.263 e. The third-order valence-corrected chi connectivity index (χ3v) is 6.98. The highest BCUT2D eigenvalue weighted by Crippen LogP contribution is 2.35. The molecule has 146 valence electrons. The summed E-state index contributed by atoms with van der Waals surface area (Å²) in [4.78, 5) is 32.2. The van der Waals surface area contributed by atoms with Gasteiger partial charge in [-0.3, -0.25) is 14.2 Å². The second kappa shape index (κ2) is 8.14. The number of carbonyl (C=O) groups excluding carboxylic acids is 1. The first kappa shape index (κ1) is 19.3. The zero-order chi connectivity index (χ0) is 19.7. The van der Waals surface area contributed by atoms with Crippen molar-refractivity contribution >= 4 is 39.1 Å². The highest BCUT2D eigenvalue weighted by molar-refractivity contribution is 7.99. The third-order valence-electron chi connectivity index (χ3n) is 4.82. The lowest BCUT2D eigenvalue weighted by molar-refractivity contribution is 0.101. The number of thiophene rings is 1. The fraction of sp³-hybridized carbons (Fsp3) is 0.350. The van der Waals surface area contributed by atoms with E-state index >= 15 is 0 Å². The Balaban J connectivity index is 1.68. The molecule has 1 aromatic carbocycles. The monoisotopic (exact) mass is 418 g/mol. The smallest absolute Gasteiger partial charge is 0.263 e. The molecular weight excluding hydrogens is 399 g/mol. The number of thioether (sulfide) groups is 1. The molecule has 4 rings (SSSR count). The highest BCUT2D eigenvalue weighted by atomic mass is 32.2. The van der Waals surface area contributed by atoms with Crippen LogP contribution in [0.5, 0.6) is 0 Å². The highest BCUT2D eigenvalue weighted by Gasteiger charge is 2.23. The van der Waals surface area contributed by atoms with Gasteiger partial charge >= 0.3 is 0 Å². The standard InChI is InChI=1S/C20H19FN2O3S2/c1-26-10-9-23-19(25)17-13-6-4-8-16(13)28-18(17)22-20(23)27-11-15(24)12-5-2-3-7-14(12)21/h2-3,5,7H,4,6,8-11H2,1H3. The number of carbonyl (C=O) groups is 1. The lowest BCUT2D eigenvalue weighted by atomic mass is 10.1. The minimum Gasteiger partial charge on any atom is -0.383 e. The molecule has 0 amide bonds. The molecule has 0 bridgehead atoms. The predicted molar refractivity (Wildman–Crippen MR) is 109 cm³/mol. The van der Waals surface area contributed by atoms with E-state index in [4.69, 9.17) is 4.74 Å². The van der Waals surface area contributed by atoms with E-state index in [1.807, 2.05) is 0 Å². The fourth-order valence-electron chi connectivity index (χ4n) is 3.44. The number of hydrogen-bond donors (Lipinski definition) is 0. The molecule has 0 fully saturated rings. The Hall–Kier alpha value is -2.03. The van der Waals surface area contributed by atoms with E-state index in [9.17, 15) is 14.0 Å². The van der Waals surface area contributed by atoms with Gasteiger partial charge in [0.05, 0.1) is 29.9 Å². The van der Waals surface area contributed by atoms with Crippen molar-refractivity contribution in [3.8, 4) is 0 Å². The van der Waals surface area contributed by atoms with Crippen molar-refractivity contribution in [1.82, 2.24) is 9.55 Å². The summed E-state index contributed by atoms with van der Waals surface area (Å²) in [6.45, 7) is 0.730. The Morgan fingerprint density at radius 1 is 1.36 bits per heavy atom. The molecule has 0 unspecified atom stereocenters.